The van der Waals surface area contributed by atoms with Crippen molar-refractivity contribution in [2.75, 3.05) is 6.54 Å². The molecule has 0 aromatic rings. The molecule has 1 aliphatic heterocycles. The van der Waals surface area contributed by atoms with Gasteiger partial charge in [0.25, 0.3) is 0 Å². The molecule has 0 saturated carbocycles. The maximum atomic E-state index is 11.4. The van der Waals surface area contributed by atoms with Crippen molar-refractivity contribution >= 4 is 11.8 Å². The number of allylic oxidation sites excluding steroid dienone is 1. The van der Waals surface area contributed by atoms with Crippen molar-refractivity contribution in [1.29, 1.82) is 0 Å². The fourth-order valence-corrected chi connectivity index (χ4v) is 1.65. The molecular weight excluding hydrogens is 182 g/mol. The average Bonchev–Trinajstić information content (AvgIpc) is 2.51. The number of carbonyl (C=O) groups is 2. The normalized spacial score (nSPS) is 24.6. The van der Waals surface area contributed by atoms with Crippen molar-refractivity contribution in [2.45, 2.75) is 19.4 Å². The number of ether oxygens (including phenoxy) is 1. The monoisotopic (exact) mass is 193 g/mol. The Bertz CT molecular complexity index is 354. The zero-order chi connectivity index (χ0) is 10.1. The predicted molar refractivity (Wildman–Crippen MR) is 49.3 cm³/mol. The van der Waals surface area contributed by atoms with E-state index >= 15 is 0 Å². The van der Waals surface area contributed by atoms with Crippen molar-refractivity contribution in [1.82, 2.24) is 5.32 Å². The van der Waals surface area contributed by atoms with Gasteiger partial charge in [-0.3, -0.25) is 9.59 Å². The molecule has 2 rings (SSSR count). The number of ketones is 1. The van der Waals surface area contributed by atoms with Gasteiger partial charge in [-0.25, -0.2) is 0 Å². The van der Waals surface area contributed by atoms with Crippen LogP contribution in [0.5, 0.6) is 0 Å². The van der Waals surface area contributed by atoms with Crippen LogP contribution in [0, 0.1) is 0 Å². The molecule has 14 heavy (non-hydrogen) atoms. The van der Waals surface area contributed by atoms with Crippen molar-refractivity contribution in [3.05, 3.63) is 23.4 Å². The van der Waals surface area contributed by atoms with Gasteiger partial charge in [0, 0.05) is 19.2 Å². The van der Waals surface area contributed by atoms with E-state index in [-0.39, 0.29) is 5.78 Å². The van der Waals surface area contributed by atoms with Crippen LogP contribution >= 0.6 is 0 Å². The summed E-state index contributed by atoms with van der Waals surface area (Å²) >= 11 is 0. The number of hydrogen-bond acceptors (Lipinski definition) is 4. The van der Waals surface area contributed by atoms with Crippen molar-refractivity contribution in [3.8, 4) is 0 Å². The Morgan fingerprint density at radius 1 is 1.64 bits per heavy atom. The maximum absolute atomic E-state index is 11.4. The second-order valence-corrected chi connectivity index (χ2v) is 3.36. The highest BCUT2D eigenvalue weighted by atomic mass is 16.5. The maximum Gasteiger partial charge on any atom is 0.303 e. The molecule has 1 heterocycles. The average molecular weight is 193 g/mol. The molecule has 0 bridgehead atoms. The first-order valence-electron chi connectivity index (χ1n) is 4.54. The number of esters is 1. The van der Waals surface area contributed by atoms with Gasteiger partial charge in [-0.1, -0.05) is 0 Å². The summed E-state index contributed by atoms with van der Waals surface area (Å²) in [6, 6.07) is 0. The van der Waals surface area contributed by atoms with E-state index in [1.165, 1.54) is 6.92 Å². The Balaban J connectivity index is 2.19. The van der Waals surface area contributed by atoms with Gasteiger partial charge in [0.15, 0.2) is 6.10 Å². The molecule has 0 spiro atoms. The van der Waals surface area contributed by atoms with Crippen LogP contribution in [0.25, 0.3) is 0 Å². The fourth-order valence-electron chi connectivity index (χ4n) is 1.65. The lowest BCUT2D eigenvalue weighted by Crippen LogP contribution is -2.27. The molecular formula is C10H11NO3. The smallest absolute Gasteiger partial charge is 0.303 e. The van der Waals surface area contributed by atoms with Gasteiger partial charge in [0.05, 0.1) is 0 Å². The largest absolute Gasteiger partial charge is 0.450 e. The molecule has 1 aliphatic carbocycles. The van der Waals surface area contributed by atoms with Gasteiger partial charge >= 0.3 is 5.97 Å². The van der Waals surface area contributed by atoms with Crippen molar-refractivity contribution < 1.29 is 14.3 Å². The summed E-state index contributed by atoms with van der Waals surface area (Å²) in [6.07, 6.45) is 3.36. The number of nitrogens with one attached hydrogen (secondary N) is 1. The molecule has 0 amide bonds. The lowest BCUT2D eigenvalue weighted by atomic mass is 10.0. The topological polar surface area (TPSA) is 55.4 Å². The van der Waals surface area contributed by atoms with Crippen LogP contribution in [0.1, 0.15) is 13.3 Å². The Hall–Kier alpha value is -1.58. The third-order valence-corrected chi connectivity index (χ3v) is 2.26. The highest BCUT2D eigenvalue weighted by molar-refractivity contribution is 5.99. The minimum atomic E-state index is -0.739. The summed E-state index contributed by atoms with van der Waals surface area (Å²) in [5.41, 5.74) is 1.94. The molecule has 1 unspecified atom stereocenters. The zero-order valence-electron chi connectivity index (χ0n) is 7.87. The summed E-state index contributed by atoms with van der Waals surface area (Å²) in [5, 5.41) is 3.13. The molecule has 4 nitrogen and oxygen atoms in total. The predicted octanol–water partition coefficient (Wildman–Crippen LogP) is 0.304. The molecule has 2 aliphatic rings. The van der Waals surface area contributed by atoms with Gasteiger partial charge < -0.3 is 10.1 Å². The van der Waals surface area contributed by atoms with Crippen LogP contribution in [-0.2, 0) is 14.3 Å². The minimum absolute atomic E-state index is 0.150. The molecule has 0 aromatic carbocycles. The zero-order valence-corrected chi connectivity index (χ0v) is 7.87. The molecule has 1 fully saturated rings. The van der Waals surface area contributed by atoms with Crippen LogP contribution in [0.2, 0.25) is 0 Å². The van der Waals surface area contributed by atoms with E-state index in [0.717, 1.165) is 24.2 Å². The Morgan fingerprint density at radius 3 is 3.14 bits per heavy atom. The number of hydrogen-bond donors (Lipinski definition) is 1. The van der Waals surface area contributed by atoms with Gasteiger partial charge in [0.2, 0.25) is 5.78 Å². The first kappa shape index (κ1) is 8.99. The second-order valence-electron chi connectivity index (χ2n) is 3.36. The molecule has 0 radical (unpaired) electrons. The van der Waals surface area contributed by atoms with Crippen LogP contribution < -0.4 is 5.32 Å². The highest BCUT2D eigenvalue weighted by Crippen LogP contribution is 2.23. The van der Waals surface area contributed by atoms with E-state index in [2.05, 4.69) is 5.32 Å². The lowest BCUT2D eigenvalue weighted by Gasteiger charge is -2.16. The van der Waals surface area contributed by atoms with Crippen LogP contribution in [-0.4, -0.2) is 24.4 Å². The quantitative estimate of drug-likeness (QED) is 0.609. The van der Waals surface area contributed by atoms with Gasteiger partial charge in [0.1, 0.15) is 0 Å². The van der Waals surface area contributed by atoms with E-state index in [9.17, 15) is 9.59 Å². The number of carbonyl (C=O) groups excluding carboxylic acids is 2. The number of fused-ring (bicyclic) bond motifs is 1. The van der Waals surface area contributed by atoms with E-state index < -0.39 is 12.1 Å². The standard InChI is InChI=1S/C10H11NO3/c1-6(12)14-10-5-8-7(2-3-11-8)4-9(10)13/h4-5,10-11H,2-3H2,1H3. The third-order valence-electron chi connectivity index (χ3n) is 2.26. The highest BCUT2D eigenvalue weighted by Gasteiger charge is 2.26. The third kappa shape index (κ3) is 1.55. The van der Waals surface area contributed by atoms with Gasteiger partial charge in [-0.05, 0) is 24.1 Å². The Kier molecular flexibility index (Phi) is 2.11. The van der Waals surface area contributed by atoms with Crippen LogP contribution in [0.4, 0.5) is 0 Å². The lowest BCUT2D eigenvalue weighted by molar-refractivity contribution is -0.148. The summed E-state index contributed by atoms with van der Waals surface area (Å²) in [5.74, 6) is -0.585. The Morgan fingerprint density at radius 2 is 2.43 bits per heavy atom. The SMILES string of the molecule is CC(=O)OC1C=C2NCCC2=CC1=O. The molecule has 74 valence electrons. The van der Waals surface area contributed by atoms with Crippen LogP contribution in [0.3, 0.4) is 0 Å². The summed E-state index contributed by atoms with van der Waals surface area (Å²) in [4.78, 5) is 22.2. The molecule has 4 heteroatoms. The summed E-state index contributed by atoms with van der Waals surface area (Å²) < 4.78 is 4.86. The Labute approximate surface area is 81.6 Å². The van der Waals surface area contributed by atoms with E-state index in [1.807, 2.05) is 0 Å². The minimum Gasteiger partial charge on any atom is -0.450 e. The first-order valence-corrected chi connectivity index (χ1v) is 4.54. The van der Waals surface area contributed by atoms with E-state index in [4.69, 9.17) is 4.74 Å². The van der Waals surface area contributed by atoms with Gasteiger partial charge in [-0.15, -0.1) is 0 Å². The second kappa shape index (κ2) is 3.29. The van der Waals surface area contributed by atoms with Crippen molar-refractivity contribution in [3.63, 3.8) is 0 Å². The molecule has 1 saturated heterocycles. The van der Waals surface area contributed by atoms with E-state index in [0.29, 0.717) is 0 Å². The van der Waals surface area contributed by atoms with Crippen molar-refractivity contribution in [2.24, 2.45) is 0 Å². The summed E-state index contributed by atoms with van der Waals surface area (Å²) in [6.45, 7) is 2.14. The van der Waals surface area contributed by atoms with Crippen LogP contribution in [0.15, 0.2) is 23.4 Å². The molecule has 1 atom stereocenters. The number of rotatable bonds is 1. The van der Waals surface area contributed by atoms with E-state index in [1.54, 1.807) is 12.2 Å². The fraction of sp³-hybridized carbons (Fsp3) is 0.400. The van der Waals surface area contributed by atoms with Gasteiger partial charge in [-0.2, -0.15) is 0 Å². The summed E-state index contributed by atoms with van der Waals surface area (Å²) in [7, 11) is 0. The molecule has 1 N–H and O–H groups in total. The molecule has 0 aromatic heterocycles. The first-order chi connectivity index (χ1) is 6.66.